The standard InChI is InChI=1S/C27H35N3O4/c1-26-13-12-21-19(20(26)9-10-22(26)24(28)31)8-11-23-27(21,2)15-17(25(32)29(23)3)14-16-4-6-18(7-5-16)30(33)34/h4-7,15,19-23H,8-14H2,1-3H3,(H2,28,31)/t19-,20-,21+,22?,23?,26-,27+/m0/s1. The Morgan fingerprint density at radius 2 is 1.82 bits per heavy atom. The zero-order valence-electron chi connectivity index (χ0n) is 20.3. The van der Waals surface area contributed by atoms with Crippen LogP contribution in [0.5, 0.6) is 0 Å². The van der Waals surface area contributed by atoms with Crippen LogP contribution in [0.1, 0.15) is 57.9 Å². The molecule has 2 N–H and O–H groups in total. The van der Waals surface area contributed by atoms with Gasteiger partial charge in [0.2, 0.25) is 11.8 Å². The van der Waals surface area contributed by atoms with Gasteiger partial charge in [0, 0.05) is 48.5 Å². The van der Waals surface area contributed by atoms with E-state index in [2.05, 4.69) is 19.9 Å². The monoisotopic (exact) mass is 465 g/mol. The number of non-ortho nitro benzene ring substituents is 1. The van der Waals surface area contributed by atoms with Crippen molar-refractivity contribution in [3.8, 4) is 0 Å². The first kappa shape index (κ1) is 23.1. The minimum atomic E-state index is -0.404. The van der Waals surface area contributed by atoms with Crippen molar-refractivity contribution in [2.45, 2.75) is 64.8 Å². The van der Waals surface area contributed by atoms with Crippen LogP contribution in [0.4, 0.5) is 5.69 Å². The molecule has 1 heterocycles. The lowest BCUT2D eigenvalue weighted by Crippen LogP contribution is -2.60. The van der Waals surface area contributed by atoms with E-state index in [1.54, 1.807) is 12.1 Å². The Morgan fingerprint density at radius 1 is 1.12 bits per heavy atom. The normalized spacial score (nSPS) is 39.0. The van der Waals surface area contributed by atoms with Crippen molar-refractivity contribution in [1.82, 2.24) is 4.90 Å². The minimum Gasteiger partial charge on any atom is -0.369 e. The molecule has 2 amide bonds. The molecule has 182 valence electrons. The van der Waals surface area contributed by atoms with Crippen LogP contribution < -0.4 is 5.73 Å². The summed E-state index contributed by atoms with van der Waals surface area (Å²) in [5.41, 5.74) is 7.44. The molecular weight excluding hydrogens is 430 g/mol. The summed E-state index contributed by atoms with van der Waals surface area (Å²) in [4.78, 5) is 38.1. The van der Waals surface area contributed by atoms with Crippen LogP contribution in [-0.2, 0) is 16.0 Å². The first-order valence-corrected chi connectivity index (χ1v) is 12.6. The van der Waals surface area contributed by atoms with E-state index >= 15 is 0 Å². The van der Waals surface area contributed by atoms with Crippen LogP contribution >= 0.6 is 0 Å². The van der Waals surface area contributed by atoms with Gasteiger partial charge in [-0.1, -0.05) is 32.1 Å². The number of likely N-dealkylation sites (N-methyl/N-ethyl adjacent to an activating group) is 1. The predicted molar refractivity (Wildman–Crippen MR) is 129 cm³/mol. The first-order chi connectivity index (χ1) is 16.1. The lowest BCUT2D eigenvalue weighted by Gasteiger charge is -2.60. The Kier molecular flexibility index (Phi) is 5.37. The fourth-order valence-corrected chi connectivity index (χ4v) is 8.54. The average molecular weight is 466 g/mol. The number of fused-ring (bicyclic) bond motifs is 5. The number of carbonyl (C=O) groups is 2. The smallest absolute Gasteiger partial charge is 0.269 e. The Balaban J connectivity index is 1.46. The Hall–Kier alpha value is -2.70. The highest BCUT2D eigenvalue weighted by atomic mass is 16.6. The van der Waals surface area contributed by atoms with Gasteiger partial charge in [-0.15, -0.1) is 0 Å². The Morgan fingerprint density at radius 3 is 2.47 bits per heavy atom. The molecule has 1 aromatic carbocycles. The molecule has 3 fully saturated rings. The molecule has 0 radical (unpaired) electrons. The maximum absolute atomic E-state index is 13.3. The van der Waals surface area contributed by atoms with Crippen LogP contribution in [0.25, 0.3) is 0 Å². The highest BCUT2D eigenvalue weighted by Crippen LogP contribution is 2.65. The van der Waals surface area contributed by atoms with Gasteiger partial charge < -0.3 is 10.6 Å². The Labute approximate surface area is 200 Å². The zero-order chi connectivity index (χ0) is 24.4. The molecule has 0 aromatic heterocycles. The largest absolute Gasteiger partial charge is 0.369 e. The molecule has 2 unspecified atom stereocenters. The molecule has 7 heteroatoms. The molecule has 5 rings (SSSR count). The number of hydrogen-bond donors (Lipinski definition) is 1. The highest BCUT2D eigenvalue weighted by molar-refractivity contribution is 5.95. The van der Waals surface area contributed by atoms with Crippen LogP contribution in [0, 0.1) is 44.6 Å². The number of nitro groups is 1. The second kappa shape index (κ2) is 7.92. The van der Waals surface area contributed by atoms with Crippen molar-refractivity contribution >= 4 is 17.5 Å². The van der Waals surface area contributed by atoms with E-state index in [1.807, 2.05) is 11.9 Å². The fourth-order valence-electron chi connectivity index (χ4n) is 8.54. The van der Waals surface area contributed by atoms with E-state index in [9.17, 15) is 19.7 Å². The number of nitrogens with zero attached hydrogens (tertiary/aromatic N) is 2. The van der Waals surface area contributed by atoms with Gasteiger partial charge in [-0.2, -0.15) is 0 Å². The lowest BCUT2D eigenvalue weighted by molar-refractivity contribution is -0.384. The van der Waals surface area contributed by atoms with Gasteiger partial charge in [0.15, 0.2) is 0 Å². The number of nitro benzene ring substituents is 1. The van der Waals surface area contributed by atoms with Crippen molar-refractivity contribution in [3.05, 3.63) is 51.6 Å². The maximum Gasteiger partial charge on any atom is 0.269 e. The van der Waals surface area contributed by atoms with E-state index in [-0.39, 0.29) is 40.3 Å². The summed E-state index contributed by atoms with van der Waals surface area (Å²) in [6.45, 7) is 4.62. The van der Waals surface area contributed by atoms with Gasteiger partial charge in [0.25, 0.3) is 5.69 Å². The van der Waals surface area contributed by atoms with Crippen molar-refractivity contribution in [3.63, 3.8) is 0 Å². The van der Waals surface area contributed by atoms with Crippen LogP contribution in [0.2, 0.25) is 0 Å². The van der Waals surface area contributed by atoms with Crippen molar-refractivity contribution in [1.29, 1.82) is 0 Å². The van der Waals surface area contributed by atoms with E-state index in [0.717, 1.165) is 49.7 Å². The van der Waals surface area contributed by atoms with Crippen molar-refractivity contribution in [2.75, 3.05) is 7.05 Å². The van der Waals surface area contributed by atoms with Gasteiger partial charge in [0.1, 0.15) is 0 Å². The molecule has 3 saturated carbocycles. The number of amides is 2. The van der Waals surface area contributed by atoms with Crippen molar-refractivity contribution < 1.29 is 14.5 Å². The second-order valence-corrected chi connectivity index (χ2v) is 11.6. The van der Waals surface area contributed by atoms with E-state index in [4.69, 9.17) is 5.73 Å². The third kappa shape index (κ3) is 3.30. The molecule has 7 nitrogen and oxygen atoms in total. The van der Waals surface area contributed by atoms with Gasteiger partial charge in [-0.05, 0) is 67.3 Å². The lowest BCUT2D eigenvalue weighted by atomic mass is 9.47. The van der Waals surface area contributed by atoms with Crippen molar-refractivity contribution in [2.24, 2.45) is 40.2 Å². The van der Waals surface area contributed by atoms with Gasteiger partial charge >= 0.3 is 0 Å². The molecule has 0 saturated heterocycles. The molecular formula is C27H35N3O4. The summed E-state index contributed by atoms with van der Waals surface area (Å²) < 4.78 is 0. The number of rotatable bonds is 4. The van der Waals surface area contributed by atoms with E-state index < -0.39 is 4.92 Å². The molecule has 7 atom stereocenters. The number of carbonyl (C=O) groups excluding carboxylic acids is 2. The summed E-state index contributed by atoms with van der Waals surface area (Å²) in [6.07, 6.45) is 8.84. The Bertz CT molecular complexity index is 1070. The summed E-state index contributed by atoms with van der Waals surface area (Å²) in [7, 11) is 1.93. The van der Waals surface area contributed by atoms with Gasteiger partial charge in [-0.3, -0.25) is 19.7 Å². The molecule has 4 aliphatic rings. The number of benzene rings is 1. The SMILES string of the molecule is CN1C(=O)C(Cc2ccc([N+](=O)[O-])cc2)=C[C@@]2(C)C1CC[C@@H]1[C@H]2CC[C@]2(C)C(C(N)=O)CC[C@@H]12. The maximum atomic E-state index is 13.3. The van der Waals surface area contributed by atoms with Crippen LogP contribution in [0.3, 0.4) is 0 Å². The molecule has 1 aromatic rings. The molecule has 34 heavy (non-hydrogen) atoms. The van der Waals surface area contributed by atoms with Gasteiger partial charge in [0.05, 0.1) is 4.92 Å². The fraction of sp³-hybridized carbons (Fsp3) is 0.630. The molecule has 3 aliphatic carbocycles. The summed E-state index contributed by atoms with van der Waals surface area (Å²) in [5, 5.41) is 11.0. The third-order valence-electron chi connectivity index (χ3n) is 10.2. The van der Waals surface area contributed by atoms with Crippen LogP contribution in [0.15, 0.2) is 35.9 Å². The summed E-state index contributed by atoms with van der Waals surface area (Å²) in [5.74, 6) is 1.43. The molecule has 0 bridgehead atoms. The van der Waals surface area contributed by atoms with E-state index in [1.165, 1.54) is 12.1 Å². The number of primary amides is 1. The molecule has 1 aliphatic heterocycles. The van der Waals surface area contributed by atoms with E-state index in [0.29, 0.717) is 24.2 Å². The minimum absolute atomic E-state index is 0.00210. The quantitative estimate of drug-likeness (QED) is 0.530. The first-order valence-electron chi connectivity index (χ1n) is 12.6. The number of nitrogens with two attached hydrogens (primary N) is 1. The topological polar surface area (TPSA) is 107 Å². The molecule has 0 spiro atoms. The third-order valence-corrected chi connectivity index (χ3v) is 10.2. The van der Waals surface area contributed by atoms with Gasteiger partial charge in [-0.25, -0.2) is 0 Å². The average Bonchev–Trinajstić information content (AvgIpc) is 3.15. The predicted octanol–water partition coefficient (Wildman–Crippen LogP) is 4.25. The summed E-state index contributed by atoms with van der Waals surface area (Å²) in [6, 6.07) is 6.69. The van der Waals surface area contributed by atoms with Crippen LogP contribution in [-0.4, -0.2) is 34.7 Å². The highest BCUT2D eigenvalue weighted by Gasteiger charge is 2.61. The number of hydrogen-bond acceptors (Lipinski definition) is 4. The second-order valence-electron chi connectivity index (χ2n) is 11.6. The zero-order valence-corrected chi connectivity index (χ0v) is 20.3. The summed E-state index contributed by atoms with van der Waals surface area (Å²) >= 11 is 0.